The summed E-state index contributed by atoms with van der Waals surface area (Å²) >= 11 is 5.86. The summed E-state index contributed by atoms with van der Waals surface area (Å²) in [5, 5.41) is 3.13. The van der Waals surface area contributed by atoms with Crippen LogP contribution in [0.2, 0.25) is 5.15 Å². The number of methoxy groups -OCH3 is 1. The molecule has 1 aromatic carbocycles. The summed E-state index contributed by atoms with van der Waals surface area (Å²) in [6, 6.07) is 12.7. The van der Waals surface area contributed by atoms with Gasteiger partial charge in [0, 0.05) is 11.6 Å². The molecular weight excluding hydrogens is 276 g/mol. The van der Waals surface area contributed by atoms with E-state index in [4.69, 9.17) is 16.3 Å². The average Bonchev–Trinajstić information content (AvgIpc) is 2.47. The molecule has 1 atom stereocenters. The fraction of sp³-hybridized carbons (Fsp3) is 0.200. The van der Waals surface area contributed by atoms with Gasteiger partial charge in [0.2, 0.25) is 5.88 Å². The third-order valence-corrected chi connectivity index (χ3v) is 3.08. The van der Waals surface area contributed by atoms with Gasteiger partial charge in [-0.2, -0.15) is 0 Å². The van der Waals surface area contributed by atoms with Crippen molar-refractivity contribution >= 4 is 17.5 Å². The van der Waals surface area contributed by atoms with Gasteiger partial charge in [0.15, 0.2) is 0 Å². The van der Waals surface area contributed by atoms with Crippen LogP contribution in [0.4, 0.5) is 0 Å². The van der Waals surface area contributed by atoms with Crippen molar-refractivity contribution in [3.05, 3.63) is 58.7 Å². The fourth-order valence-corrected chi connectivity index (χ4v) is 2.01. The van der Waals surface area contributed by atoms with E-state index < -0.39 is 0 Å². The lowest BCUT2D eigenvalue weighted by molar-refractivity contribution is 0.0939. The van der Waals surface area contributed by atoms with E-state index in [1.165, 1.54) is 13.2 Å². The topological polar surface area (TPSA) is 51.2 Å². The number of halogens is 1. The Morgan fingerprint density at radius 1 is 1.30 bits per heavy atom. The molecule has 0 radical (unpaired) electrons. The number of hydrogen-bond donors (Lipinski definition) is 1. The molecule has 0 fully saturated rings. The van der Waals surface area contributed by atoms with E-state index in [2.05, 4.69) is 10.3 Å². The van der Waals surface area contributed by atoms with E-state index in [1.807, 2.05) is 37.3 Å². The molecule has 2 aromatic rings. The minimum Gasteiger partial charge on any atom is -0.481 e. The van der Waals surface area contributed by atoms with Crippen LogP contribution in [-0.2, 0) is 0 Å². The summed E-state index contributed by atoms with van der Waals surface area (Å²) < 4.78 is 5.00. The van der Waals surface area contributed by atoms with E-state index in [0.29, 0.717) is 11.4 Å². The van der Waals surface area contributed by atoms with Crippen LogP contribution in [0.5, 0.6) is 5.88 Å². The van der Waals surface area contributed by atoms with Gasteiger partial charge in [-0.05, 0) is 18.6 Å². The predicted molar refractivity (Wildman–Crippen MR) is 78.1 cm³/mol. The van der Waals surface area contributed by atoms with Crippen LogP contribution in [0.25, 0.3) is 0 Å². The number of benzene rings is 1. The molecule has 1 unspecified atom stereocenters. The van der Waals surface area contributed by atoms with Gasteiger partial charge in [-0.25, -0.2) is 4.98 Å². The van der Waals surface area contributed by atoms with Gasteiger partial charge >= 0.3 is 0 Å². The van der Waals surface area contributed by atoms with Gasteiger partial charge in [-0.1, -0.05) is 41.9 Å². The molecule has 0 aliphatic heterocycles. The van der Waals surface area contributed by atoms with E-state index in [-0.39, 0.29) is 17.1 Å². The molecule has 0 saturated carbocycles. The first-order valence-corrected chi connectivity index (χ1v) is 6.55. The zero-order valence-electron chi connectivity index (χ0n) is 11.3. The van der Waals surface area contributed by atoms with Gasteiger partial charge in [-0.3, -0.25) is 4.79 Å². The second-order valence-electron chi connectivity index (χ2n) is 4.33. The minimum absolute atomic E-state index is 0.0957. The number of carbonyl (C=O) groups is 1. The summed E-state index contributed by atoms with van der Waals surface area (Å²) in [4.78, 5) is 16.1. The van der Waals surface area contributed by atoms with Gasteiger partial charge < -0.3 is 10.1 Å². The quantitative estimate of drug-likeness (QED) is 0.880. The number of hydrogen-bond acceptors (Lipinski definition) is 3. The molecule has 0 spiro atoms. The van der Waals surface area contributed by atoms with E-state index in [1.54, 1.807) is 6.07 Å². The molecule has 1 N–H and O–H groups in total. The normalized spacial score (nSPS) is 11.8. The van der Waals surface area contributed by atoms with Crippen molar-refractivity contribution in [2.75, 3.05) is 7.11 Å². The highest BCUT2D eigenvalue weighted by Crippen LogP contribution is 2.17. The SMILES string of the molecule is COc1cc(C(=O)NC(C)c2ccccc2)cc(Cl)n1. The number of amides is 1. The van der Waals surface area contributed by atoms with Crippen molar-refractivity contribution in [2.45, 2.75) is 13.0 Å². The number of carbonyl (C=O) groups excluding carboxylic acids is 1. The molecule has 1 heterocycles. The first-order chi connectivity index (χ1) is 9.60. The molecule has 1 amide bonds. The van der Waals surface area contributed by atoms with Gasteiger partial charge in [0.05, 0.1) is 13.2 Å². The van der Waals surface area contributed by atoms with Gasteiger partial charge in [-0.15, -0.1) is 0 Å². The Kier molecular flexibility index (Phi) is 4.58. The molecule has 4 nitrogen and oxygen atoms in total. The van der Waals surface area contributed by atoms with Gasteiger partial charge in [0.1, 0.15) is 5.15 Å². The minimum atomic E-state index is -0.219. The molecule has 0 aliphatic rings. The summed E-state index contributed by atoms with van der Waals surface area (Å²) in [6.07, 6.45) is 0. The Labute approximate surface area is 122 Å². The lowest BCUT2D eigenvalue weighted by Crippen LogP contribution is -2.26. The lowest BCUT2D eigenvalue weighted by Gasteiger charge is -2.14. The van der Waals surface area contributed by atoms with Crippen LogP contribution in [0.1, 0.15) is 28.9 Å². The lowest BCUT2D eigenvalue weighted by atomic mass is 10.1. The number of nitrogens with one attached hydrogen (secondary N) is 1. The maximum Gasteiger partial charge on any atom is 0.252 e. The Hall–Kier alpha value is -2.07. The molecule has 0 bridgehead atoms. The molecule has 20 heavy (non-hydrogen) atoms. The maximum atomic E-state index is 12.2. The summed E-state index contributed by atoms with van der Waals surface area (Å²) in [5.41, 5.74) is 1.46. The summed E-state index contributed by atoms with van der Waals surface area (Å²) in [5.74, 6) is 0.0963. The average molecular weight is 291 g/mol. The van der Waals surface area contributed by atoms with E-state index in [9.17, 15) is 4.79 Å². The Bertz CT molecular complexity index is 602. The highest BCUT2D eigenvalue weighted by Gasteiger charge is 2.13. The fourth-order valence-electron chi connectivity index (χ4n) is 1.81. The number of rotatable bonds is 4. The Balaban J connectivity index is 2.14. The molecular formula is C15H15ClN2O2. The Morgan fingerprint density at radius 2 is 2.00 bits per heavy atom. The third-order valence-electron chi connectivity index (χ3n) is 2.89. The van der Waals surface area contributed by atoms with Crippen LogP contribution in [-0.4, -0.2) is 18.0 Å². The number of pyridine rings is 1. The summed E-state index contributed by atoms with van der Waals surface area (Å²) in [6.45, 7) is 1.92. The van der Waals surface area contributed by atoms with Crippen molar-refractivity contribution in [3.8, 4) is 5.88 Å². The van der Waals surface area contributed by atoms with E-state index >= 15 is 0 Å². The zero-order valence-corrected chi connectivity index (χ0v) is 12.0. The second kappa shape index (κ2) is 6.39. The first-order valence-electron chi connectivity index (χ1n) is 6.17. The van der Waals surface area contributed by atoms with Crippen molar-refractivity contribution in [3.63, 3.8) is 0 Å². The Morgan fingerprint density at radius 3 is 2.65 bits per heavy atom. The largest absolute Gasteiger partial charge is 0.481 e. The number of aromatic nitrogens is 1. The molecule has 0 saturated heterocycles. The smallest absolute Gasteiger partial charge is 0.252 e. The standard InChI is InChI=1S/C15H15ClN2O2/c1-10(11-6-4-3-5-7-11)17-15(19)12-8-13(16)18-14(9-12)20-2/h3-10H,1-2H3,(H,17,19). The van der Waals surface area contributed by atoms with Crippen molar-refractivity contribution in [1.82, 2.24) is 10.3 Å². The molecule has 2 rings (SSSR count). The van der Waals surface area contributed by atoms with Crippen LogP contribution in [0.15, 0.2) is 42.5 Å². The van der Waals surface area contributed by atoms with Crippen molar-refractivity contribution < 1.29 is 9.53 Å². The predicted octanol–water partition coefficient (Wildman–Crippen LogP) is 3.23. The van der Waals surface area contributed by atoms with E-state index in [0.717, 1.165) is 5.56 Å². The maximum absolute atomic E-state index is 12.2. The monoisotopic (exact) mass is 290 g/mol. The van der Waals surface area contributed by atoms with Crippen LogP contribution in [0, 0.1) is 0 Å². The van der Waals surface area contributed by atoms with Crippen LogP contribution in [0.3, 0.4) is 0 Å². The van der Waals surface area contributed by atoms with Crippen LogP contribution >= 0.6 is 11.6 Å². The summed E-state index contributed by atoms with van der Waals surface area (Å²) in [7, 11) is 1.48. The second-order valence-corrected chi connectivity index (χ2v) is 4.71. The van der Waals surface area contributed by atoms with Crippen molar-refractivity contribution in [1.29, 1.82) is 0 Å². The highest BCUT2D eigenvalue weighted by molar-refractivity contribution is 6.29. The number of nitrogens with zero attached hydrogens (tertiary/aromatic N) is 1. The van der Waals surface area contributed by atoms with Crippen LogP contribution < -0.4 is 10.1 Å². The first kappa shape index (κ1) is 14.3. The molecule has 1 aromatic heterocycles. The molecule has 5 heteroatoms. The molecule has 104 valence electrons. The van der Waals surface area contributed by atoms with Crippen molar-refractivity contribution in [2.24, 2.45) is 0 Å². The third kappa shape index (κ3) is 3.48. The highest BCUT2D eigenvalue weighted by atomic mass is 35.5. The molecule has 0 aliphatic carbocycles. The van der Waals surface area contributed by atoms with Gasteiger partial charge in [0.25, 0.3) is 5.91 Å². The zero-order chi connectivity index (χ0) is 14.5. The number of ether oxygens (including phenoxy) is 1.